The summed E-state index contributed by atoms with van der Waals surface area (Å²) in [6.45, 7) is -4.38. The zero-order chi connectivity index (χ0) is 51.6. The van der Waals surface area contributed by atoms with Crippen LogP contribution in [-0.2, 0) is 56.9 Å². The van der Waals surface area contributed by atoms with Gasteiger partial charge < -0.3 is 154 Å². The van der Waals surface area contributed by atoms with Crippen molar-refractivity contribution >= 4 is 5.91 Å². The van der Waals surface area contributed by atoms with Gasteiger partial charge in [0.15, 0.2) is 37.7 Å². The van der Waals surface area contributed by atoms with Crippen molar-refractivity contribution in [3.8, 4) is 0 Å². The maximum atomic E-state index is 12.2. The fourth-order valence-corrected chi connectivity index (χ4v) is 8.66. The van der Waals surface area contributed by atoms with Gasteiger partial charge in [-0.2, -0.15) is 0 Å². The summed E-state index contributed by atoms with van der Waals surface area (Å²) in [4.78, 5) is 12.2. The summed E-state index contributed by atoms with van der Waals surface area (Å²) in [5, 5.41) is 204. The number of nitrogens with one attached hydrogen (secondary N) is 1. The van der Waals surface area contributed by atoms with E-state index in [1.807, 2.05) is 0 Å². The van der Waals surface area contributed by atoms with Gasteiger partial charge in [-0.15, -0.1) is 0 Å². The standard InChI is InChI=1S/C38H65NO31/c1-8(44)39-15-22(51)16(45)9(2-40)63-34(15)69-31-25(54)19(48)12(5-43)66-37(31)70-32-26(55)20(49)13(6-60-35-27(56)23(52)17(46)10(3-41)64-35)67-38(32)68-30-21(50)14(62-33(59)29(30)58)7-61-36-28(57)24(53)18(47)11(4-42)65-36/h9-38,40-43,45-59H,2-7H2,1H3,(H,39,44)/t9-,10-,11-,12-,13-,14-,15-,16-,17-,18+,19-,20+,21-,22-,23+,24+,25+,26+,27-,28-,29-,30+,31-,32-,33+,34-,35?,36+,37-,38-/m1/s1. The summed E-state index contributed by atoms with van der Waals surface area (Å²) >= 11 is 0. The molecule has 6 rings (SSSR count). The van der Waals surface area contributed by atoms with E-state index in [0.29, 0.717) is 0 Å². The lowest BCUT2D eigenvalue weighted by Crippen LogP contribution is -2.69. The first-order valence-corrected chi connectivity index (χ1v) is 22.1. The van der Waals surface area contributed by atoms with Crippen LogP contribution in [0.15, 0.2) is 0 Å². The van der Waals surface area contributed by atoms with E-state index >= 15 is 0 Å². The molecular weight excluding hydrogens is 966 g/mol. The molecule has 0 aromatic heterocycles. The molecule has 0 saturated carbocycles. The molecule has 6 saturated heterocycles. The molecular formula is C38H65NO31. The van der Waals surface area contributed by atoms with Gasteiger partial charge in [0.25, 0.3) is 0 Å². The van der Waals surface area contributed by atoms with Crippen molar-refractivity contribution in [1.29, 1.82) is 0 Å². The van der Waals surface area contributed by atoms with Crippen molar-refractivity contribution in [2.24, 2.45) is 0 Å². The minimum Gasteiger partial charge on any atom is -0.394 e. The van der Waals surface area contributed by atoms with Gasteiger partial charge in [0.1, 0.15) is 146 Å². The molecule has 0 radical (unpaired) electrons. The molecule has 70 heavy (non-hydrogen) atoms. The van der Waals surface area contributed by atoms with Gasteiger partial charge in [0.2, 0.25) is 5.91 Å². The third-order valence-corrected chi connectivity index (χ3v) is 12.8. The molecule has 20 N–H and O–H groups in total. The molecule has 1 amide bonds. The van der Waals surface area contributed by atoms with Gasteiger partial charge in [0.05, 0.1) is 39.6 Å². The zero-order valence-electron chi connectivity index (χ0n) is 37.0. The van der Waals surface area contributed by atoms with Gasteiger partial charge in [0, 0.05) is 6.92 Å². The molecule has 30 atom stereocenters. The highest BCUT2D eigenvalue weighted by molar-refractivity contribution is 5.73. The Hall–Kier alpha value is -1.73. The normalized spacial score (nSPS) is 51.5. The molecule has 6 aliphatic heterocycles. The maximum absolute atomic E-state index is 12.2. The van der Waals surface area contributed by atoms with Crippen LogP contribution in [0.25, 0.3) is 0 Å². The first-order chi connectivity index (χ1) is 33.1. The second kappa shape index (κ2) is 24.7. The van der Waals surface area contributed by atoms with E-state index in [1.165, 1.54) is 0 Å². The molecule has 0 bridgehead atoms. The summed E-state index contributed by atoms with van der Waals surface area (Å²) in [7, 11) is 0. The van der Waals surface area contributed by atoms with Crippen LogP contribution >= 0.6 is 0 Å². The summed E-state index contributed by atoms with van der Waals surface area (Å²) in [6.07, 6.45) is -56.4. The zero-order valence-corrected chi connectivity index (χ0v) is 37.0. The number of rotatable bonds is 17. The summed E-state index contributed by atoms with van der Waals surface area (Å²) in [5.41, 5.74) is 0. The Kier molecular flexibility index (Phi) is 20.3. The number of aliphatic hydroxyl groups is 19. The van der Waals surface area contributed by atoms with Crippen LogP contribution in [0.2, 0.25) is 0 Å². The quantitative estimate of drug-likeness (QED) is 0.0643. The van der Waals surface area contributed by atoms with Gasteiger partial charge in [-0.05, 0) is 0 Å². The van der Waals surface area contributed by atoms with Crippen molar-refractivity contribution in [3.05, 3.63) is 0 Å². The van der Waals surface area contributed by atoms with E-state index < -0.39 is 230 Å². The van der Waals surface area contributed by atoms with E-state index in [0.717, 1.165) is 6.92 Å². The minimum atomic E-state index is -2.30. The molecule has 6 fully saturated rings. The van der Waals surface area contributed by atoms with E-state index in [-0.39, 0.29) is 0 Å². The van der Waals surface area contributed by atoms with E-state index in [1.54, 1.807) is 0 Å². The second-order valence-electron chi connectivity index (χ2n) is 17.6. The Labute approximate surface area is 395 Å². The number of hydrogen-bond acceptors (Lipinski definition) is 31. The van der Waals surface area contributed by atoms with E-state index in [9.17, 15) is 102 Å². The predicted molar refractivity (Wildman–Crippen MR) is 211 cm³/mol. The van der Waals surface area contributed by atoms with Crippen molar-refractivity contribution < 1.29 is 154 Å². The molecule has 408 valence electrons. The van der Waals surface area contributed by atoms with Crippen molar-refractivity contribution in [1.82, 2.24) is 5.32 Å². The van der Waals surface area contributed by atoms with Crippen LogP contribution < -0.4 is 5.32 Å². The Morgan fingerprint density at radius 2 is 0.714 bits per heavy atom. The van der Waals surface area contributed by atoms with Crippen LogP contribution in [0.4, 0.5) is 0 Å². The lowest BCUT2D eigenvalue weighted by Gasteiger charge is -2.50. The second-order valence-corrected chi connectivity index (χ2v) is 17.6. The smallest absolute Gasteiger partial charge is 0.217 e. The summed E-state index contributed by atoms with van der Waals surface area (Å²) in [5.74, 6) is -0.795. The minimum absolute atomic E-state index is 0.795. The highest BCUT2D eigenvalue weighted by atomic mass is 16.8. The molecule has 0 aromatic rings. The third-order valence-electron chi connectivity index (χ3n) is 12.8. The average Bonchev–Trinajstić information content (AvgIpc) is 3.33. The van der Waals surface area contributed by atoms with Crippen LogP contribution in [0.3, 0.4) is 0 Å². The fraction of sp³-hybridized carbons (Fsp3) is 0.974. The van der Waals surface area contributed by atoms with Crippen molar-refractivity contribution in [3.63, 3.8) is 0 Å². The predicted octanol–water partition coefficient (Wildman–Crippen LogP) is -14.0. The number of hydrogen-bond donors (Lipinski definition) is 20. The monoisotopic (exact) mass is 1030 g/mol. The SMILES string of the molecule is CC(=O)N[C@H]1[C@@H](O[C@H]2[C@@H](O[C@H]3[C@@H](O[C@@H]4[C@@H](O)[C@@H](O)O[C@H](CO[C@H]5O[C@H](CO)[C@H](O)[C@H](O)[C@H]5O)[C@H]4O)O[C@H](COC4O[C@H](CO)[C@@H](O)[C@H](O)[C@H]4O)[C@H](O)[C@@H]3O)O[C@H](CO)[C@@H](O)[C@@H]2O)O[C@H](CO)[C@@H](O)[C@@H]1O. The van der Waals surface area contributed by atoms with Crippen molar-refractivity contribution in [2.75, 3.05) is 39.6 Å². The van der Waals surface area contributed by atoms with Crippen molar-refractivity contribution in [2.45, 2.75) is 191 Å². The maximum Gasteiger partial charge on any atom is 0.217 e. The first-order valence-electron chi connectivity index (χ1n) is 22.1. The lowest BCUT2D eigenvalue weighted by atomic mass is 9.95. The van der Waals surface area contributed by atoms with Gasteiger partial charge in [-0.25, -0.2) is 0 Å². The van der Waals surface area contributed by atoms with Crippen LogP contribution in [0.5, 0.6) is 0 Å². The largest absolute Gasteiger partial charge is 0.394 e. The summed E-state index contributed by atoms with van der Waals surface area (Å²) in [6, 6.07) is -1.66. The molecule has 32 heteroatoms. The van der Waals surface area contributed by atoms with E-state index in [4.69, 9.17) is 52.1 Å². The molecule has 0 aromatic carbocycles. The molecule has 6 heterocycles. The van der Waals surface area contributed by atoms with E-state index in [2.05, 4.69) is 5.32 Å². The third kappa shape index (κ3) is 12.2. The Bertz CT molecular complexity index is 1630. The molecule has 0 spiro atoms. The highest BCUT2D eigenvalue weighted by Crippen LogP contribution is 2.36. The fourth-order valence-electron chi connectivity index (χ4n) is 8.66. The first kappa shape index (κ1) is 57.5. The number of amides is 1. The van der Waals surface area contributed by atoms with Crippen LogP contribution in [0, 0.1) is 0 Å². The van der Waals surface area contributed by atoms with Gasteiger partial charge in [-0.3, -0.25) is 4.79 Å². The van der Waals surface area contributed by atoms with Gasteiger partial charge in [-0.1, -0.05) is 0 Å². The molecule has 0 aliphatic carbocycles. The lowest BCUT2D eigenvalue weighted by molar-refractivity contribution is -0.402. The highest BCUT2D eigenvalue weighted by Gasteiger charge is 2.57. The summed E-state index contributed by atoms with van der Waals surface area (Å²) < 4.78 is 62.0. The Morgan fingerprint density at radius 3 is 1.16 bits per heavy atom. The molecule has 32 nitrogen and oxygen atoms in total. The molecule has 6 aliphatic rings. The molecule has 1 unspecified atom stereocenters. The number of carbonyl (C=O) groups is 1. The van der Waals surface area contributed by atoms with Crippen LogP contribution in [0.1, 0.15) is 6.92 Å². The average molecular weight is 1030 g/mol. The van der Waals surface area contributed by atoms with Gasteiger partial charge >= 0.3 is 0 Å². The Balaban J connectivity index is 1.29. The number of carbonyl (C=O) groups excluding carboxylic acids is 1. The number of ether oxygens (including phenoxy) is 11. The van der Waals surface area contributed by atoms with Crippen LogP contribution in [-0.4, -0.2) is 327 Å². The Morgan fingerprint density at radius 1 is 0.371 bits per heavy atom. The topological polar surface area (TPSA) is 515 Å². The number of aliphatic hydroxyl groups excluding tert-OH is 19.